The summed E-state index contributed by atoms with van der Waals surface area (Å²) >= 11 is 0. The van der Waals surface area contributed by atoms with Crippen molar-refractivity contribution in [3.05, 3.63) is 202 Å². The zero-order valence-corrected chi connectivity index (χ0v) is 30.1. The fraction of sp³-hybridized carbons (Fsp3) is 0.104. The van der Waals surface area contributed by atoms with E-state index in [1.165, 1.54) is 11.1 Å². The second-order valence-corrected chi connectivity index (χ2v) is 14.1. The summed E-state index contributed by atoms with van der Waals surface area (Å²) in [4.78, 5) is 18.2. The Morgan fingerprint density at radius 1 is 0.415 bits per heavy atom. The van der Waals surface area contributed by atoms with Crippen LogP contribution in [0.15, 0.2) is 158 Å². The monoisotopic (exact) mass is 690 g/mol. The molecule has 2 heterocycles. The van der Waals surface area contributed by atoms with Gasteiger partial charge in [-0.05, 0) is 118 Å². The van der Waals surface area contributed by atoms with Gasteiger partial charge >= 0.3 is 5.97 Å². The van der Waals surface area contributed by atoms with Crippen molar-refractivity contribution in [2.24, 2.45) is 0 Å². The number of hydrogen-bond donors (Lipinski definition) is 0. The lowest BCUT2D eigenvalue weighted by Crippen LogP contribution is -2.33. The molecule has 0 fully saturated rings. The van der Waals surface area contributed by atoms with Crippen molar-refractivity contribution in [1.82, 2.24) is 0 Å². The van der Waals surface area contributed by atoms with Crippen LogP contribution < -0.4 is 14.5 Å². The molecule has 1 spiro atoms. The number of hydrogen-bond acceptors (Lipinski definition) is 5. The van der Waals surface area contributed by atoms with E-state index in [1.54, 1.807) is 0 Å². The molecule has 2 aliphatic heterocycles. The summed E-state index contributed by atoms with van der Waals surface area (Å²) in [6.45, 7) is 8.40. The molecule has 0 aliphatic carbocycles. The first-order valence-electron chi connectivity index (χ1n) is 18.0. The van der Waals surface area contributed by atoms with Crippen molar-refractivity contribution < 1.29 is 14.3 Å². The van der Waals surface area contributed by atoms with E-state index in [0.717, 1.165) is 61.9 Å². The minimum Gasteiger partial charge on any atom is -0.456 e. The minimum atomic E-state index is -1.19. The highest BCUT2D eigenvalue weighted by Gasteiger charge is 2.53. The minimum absolute atomic E-state index is 0.352. The Kier molecular flexibility index (Phi) is 7.67. The summed E-state index contributed by atoms with van der Waals surface area (Å²) in [7, 11) is 0. The third-order valence-electron chi connectivity index (χ3n) is 10.3. The number of fused-ring (bicyclic) bond motifs is 6. The number of carbonyl (C=O) groups is 1. The van der Waals surface area contributed by atoms with Crippen LogP contribution in [-0.2, 0) is 10.3 Å². The quantitative estimate of drug-likeness (QED) is 0.163. The van der Waals surface area contributed by atoms with Crippen LogP contribution in [0, 0.1) is 27.7 Å². The highest BCUT2D eigenvalue weighted by molar-refractivity contribution is 5.97. The second-order valence-electron chi connectivity index (χ2n) is 14.1. The van der Waals surface area contributed by atoms with Gasteiger partial charge in [0.05, 0.1) is 5.56 Å². The Morgan fingerprint density at radius 2 is 0.868 bits per heavy atom. The molecular weight excluding hydrogens is 653 g/mol. The molecule has 5 nitrogen and oxygen atoms in total. The molecule has 7 aromatic rings. The average Bonchev–Trinajstić information content (AvgIpc) is 3.45. The Morgan fingerprint density at radius 3 is 1.36 bits per heavy atom. The van der Waals surface area contributed by atoms with E-state index in [-0.39, 0.29) is 5.97 Å². The maximum atomic E-state index is 13.7. The molecule has 0 saturated heterocycles. The van der Waals surface area contributed by atoms with Crippen molar-refractivity contribution in [3.8, 4) is 11.5 Å². The van der Waals surface area contributed by atoms with Gasteiger partial charge in [-0.1, -0.05) is 77.9 Å². The Balaban J connectivity index is 1.25. The highest BCUT2D eigenvalue weighted by Crippen LogP contribution is 2.58. The van der Waals surface area contributed by atoms with Crippen LogP contribution in [0.2, 0.25) is 0 Å². The Labute approximate surface area is 310 Å². The highest BCUT2D eigenvalue weighted by atomic mass is 16.6. The molecule has 0 radical (unpaired) electrons. The average molecular weight is 691 g/mol. The van der Waals surface area contributed by atoms with Gasteiger partial charge in [-0.25, -0.2) is 4.79 Å². The lowest BCUT2D eigenvalue weighted by Gasteiger charge is -2.38. The Hall–Kier alpha value is -6.59. The van der Waals surface area contributed by atoms with Crippen LogP contribution in [0.4, 0.5) is 34.1 Å². The maximum absolute atomic E-state index is 13.7. The summed E-state index contributed by atoms with van der Waals surface area (Å²) < 4.78 is 13.5. The number of esters is 1. The molecule has 7 aromatic carbocycles. The van der Waals surface area contributed by atoms with Crippen LogP contribution in [0.5, 0.6) is 11.5 Å². The number of benzene rings is 7. The third-order valence-corrected chi connectivity index (χ3v) is 10.3. The van der Waals surface area contributed by atoms with Crippen LogP contribution in [0.25, 0.3) is 0 Å². The van der Waals surface area contributed by atoms with Crippen molar-refractivity contribution >= 4 is 40.1 Å². The van der Waals surface area contributed by atoms with Gasteiger partial charge in [0.1, 0.15) is 11.5 Å². The number of aryl methyl sites for hydroxylation is 4. The molecule has 0 saturated carbocycles. The van der Waals surface area contributed by atoms with Gasteiger partial charge in [-0.15, -0.1) is 0 Å². The number of rotatable bonds is 6. The molecule has 53 heavy (non-hydrogen) atoms. The first-order chi connectivity index (χ1) is 25.8. The molecule has 0 aromatic heterocycles. The van der Waals surface area contributed by atoms with Gasteiger partial charge in [0.15, 0.2) is 5.60 Å². The second kappa shape index (κ2) is 12.6. The first kappa shape index (κ1) is 32.3. The molecule has 0 N–H and O–H groups in total. The molecular formula is C48H38N2O3. The summed E-state index contributed by atoms with van der Waals surface area (Å²) in [5, 5.41) is 0. The van der Waals surface area contributed by atoms with Crippen LogP contribution >= 0.6 is 0 Å². The SMILES string of the molecule is Cc1ccc(N(c2cccc(C)c2)c2ccc3c(c2)Oc2cc(N(c4ccc(C)cc4)c4cccc(C)c4)ccc2C32OC(=O)c3ccccc32)cc1. The molecule has 0 unspecified atom stereocenters. The predicted molar refractivity (Wildman–Crippen MR) is 213 cm³/mol. The van der Waals surface area contributed by atoms with Crippen LogP contribution in [-0.4, -0.2) is 5.97 Å². The van der Waals surface area contributed by atoms with E-state index < -0.39 is 5.60 Å². The molecule has 9 rings (SSSR count). The van der Waals surface area contributed by atoms with E-state index in [2.05, 4.69) is 171 Å². The van der Waals surface area contributed by atoms with Gasteiger partial charge in [0.2, 0.25) is 0 Å². The van der Waals surface area contributed by atoms with Gasteiger partial charge in [-0.2, -0.15) is 0 Å². The zero-order valence-electron chi connectivity index (χ0n) is 30.1. The number of nitrogens with zero attached hydrogens (tertiary/aromatic N) is 2. The molecule has 258 valence electrons. The summed E-state index contributed by atoms with van der Waals surface area (Å²) in [5.41, 5.74) is 12.4. The third kappa shape index (κ3) is 5.44. The van der Waals surface area contributed by atoms with Crippen molar-refractivity contribution in [1.29, 1.82) is 0 Å². The Bertz CT molecular complexity index is 2390. The zero-order chi connectivity index (χ0) is 36.3. The predicted octanol–water partition coefficient (Wildman–Crippen LogP) is 12.4. The molecule has 0 bridgehead atoms. The standard InChI is InChI=1S/C48H38N2O3/c1-31-15-19-35(20-16-31)49(37-11-7-9-33(3)27-37)39-23-25-43-45(29-39)52-46-30-40(24-26-44(46)48(43)42-14-6-5-13-41(42)47(51)53-48)50(36-21-17-32(2)18-22-36)38-12-8-10-34(4)28-38/h5-30H,1-4H3. The van der Waals surface area contributed by atoms with Crippen molar-refractivity contribution in [3.63, 3.8) is 0 Å². The molecule has 0 atom stereocenters. The van der Waals surface area contributed by atoms with Gasteiger partial charge in [0, 0.05) is 62.9 Å². The fourth-order valence-electron chi connectivity index (χ4n) is 7.75. The van der Waals surface area contributed by atoms with Gasteiger partial charge in [-0.3, -0.25) is 0 Å². The first-order valence-corrected chi connectivity index (χ1v) is 18.0. The van der Waals surface area contributed by atoms with Crippen molar-refractivity contribution in [2.75, 3.05) is 9.80 Å². The summed E-state index contributed by atoms with van der Waals surface area (Å²) in [5.74, 6) is 0.896. The number of anilines is 6. The topological polar surface area (TPSA) is 42.0 Å². The summed E-state index contributed by atoms with van der Waals surface area (Å²) in [6, 6.07) is 54.2. The molecule has 0 amide bonds. The number of ether oxygens (including phenoxy) is 2. The van der Waals surface area contributed by atoms with Crippen LogP contribution in [0.3, 0.4) is 0 Å². The van der Waals surface area contributed by atoms with E-state index in [1.807, 2.05) is 24.3 Å². The smallest absolute Gasteiger partial charge is 0.340 e. The van der Waals surface area contributed by atoms with E-state index in [0.29, 0.717) is 17.1 Å². The maximum Gasteiger partial charge on any atom is 0.340 e. The van der Waals surface area contributed by atoms with E-state index in [9.17, 15) is 4.79 Å². The molecule has 2 aliphatic rings. The van der Waals surface area contributed by atoms with Crippen molar-refractivity contribution in [2.45, 2.75) is 33.3 Å². The van der Waals surface area contributed by atoms with Gasteiger partial charge < -0.3 is 19.3 Å². The van der Waals surface area contributed by atoms with E-state index >= 15 is 0 Å². The van der Waals surface area contributed by atoms with E-state index in [4.69, 9.17) is 9.47 Å². The summed E-state index contributed by atoms with van der Waals surface area (Å²) in [6.07, 6.45) is 0. The lowest BCUT2D eigenvalue weighted by molar-refractivity contribution is 0.0224. The normalized spacial score (nSPS) is 13.4. The largest absolute Gasteiger partial charge is 0.456 e. The van der Waals surface area contributed by atoms with Crippen LogP contribution in [0.1, 0.15) is 49.3 Å². The fourth-order valence-corrected chi connectivity index (χ4v) is 7.75. The van der Waals surface area contributed by atoms with Gasteiger partial charge in [0.25, 0.3) is 0 Å². The lowest BCUT2D eigenvalue weighted by atomic mass is 9.77. The number of carbonyl (C=O) groups excluding carboxylic acids is 1. The molecule has 5 heteroatoms.